The Morgan fingerprint density at radius 2 is 1.90 bits per heavy atom. The minimum atomic E-state index is -0.401. The second-order valence-electron chi connectivity index (χ2n) is 6.18. The molecule has 0 fully saturated rings. The number of anilines is 1. The van der Waals surface area contributed by atoms with Gasteiger partial charge in [0.15, 0.2) is 11.5 Å². The molecular formula is C23H20ClN3O4. The number of hydrogen-bond donors (Lipinski definition) is 1. The van der Waals surface area contributed by atoms with Crippen molar-refractivity contribution in [2.45, 2.75) is 0 Å². The van der Waals surface area contributed by atoms with Crippen LogP contribution in [-0.2, 0) is 9.53 Å². The molecule has 0 radical (unpaired) electrons. The van der Waals surface area contributed by atoms with Crippen molar-refractivity contribution in [2.75, 3.05) is 26.1 Å². The second kappa shape index (κ2) is 10.2. The van der Waals surface area contributed by atoms with Crippen LogP contribution in [0.5, 0.6) is 11.5 Å². The first-order chi connectivity index (χ1) is 15.1. The highest BCUT2D eigenvalue weighted by Gasteiger charge is 2.17. The van der Waals surface area contributed by atoms with Crippen molar-refractivity contribution in [1.29, 1.82) is 0 Å². The number of carbonyl (C=O) groups excluding carboxylic acids is 1. The number of benzene rings is 2. The van der Waals surface area contributed by atoms with Gasteiger partial charge in [-0.15, -0.1) is 6.42 Å². The Kier molecular flexibility index (Phi) is 7.20. The van der Waals surface area contributed by atoms with Crippen LogP contribution in [0.4, 0.5) is 5.82 Å². The Morgan fingerprint density at radius 1 is 1.16 bits per heavy atom. The van der Waals surface area contributed by atoms with Crippen LogP contribution in [0.25, 0.3) is 11.3 Å². The standard InChI is InChI=1S/C23H20ClN3O4/c1-4-13-31-15-19(16-5-7-17(24)8-6-16)23(28)26-22-11-12-25-27(22)18-9-10-20(29-2)21(14-18)30-3/h1,5-12,14-15H,13H2,2-3H3,(H,26,28). The number of aromatic nitrogens is 2. The molecule has 3 rings (SSSR count). The molecule has 1 amide bonds. The van der Waals surface area contributed by atoms with E-state index in [-0.39, 0.29) is 12.2 Å². The Balaban J connectivity index is 1.90. The Hall–Kier alpha value is -3.89. The summed E-state index contributed by atoms with van der Waals surface area (Å²) in [7, 11) is 3.11. The highest BCUT2D eigenvalue weighted by atomic mass is 35.5. The van der Waals surface area contributed by atoms with Crippen molar-refractivity contribution in [3.63, 3.8) is 0 Å². The summed E-state index contributed by atoms with van der Waals surface area (Å²) < 4.78 is 17.5. The number of amides is 1. The molecule has 1 N–H and O–H groups in total. The second-order valence-corrected chi connectivity index (χ2v) is 6.61. The number of ether oxygens (including phenoxy) is 3. The molecule has 0 spiro atoms. The number of nitrogens with zero attached hydrogens (tertiary/aromatic N) is 2. The zero-order chi connectivity index (χ0) is 22.2. The Morgan fingerprint density at radius 3 is 2.58 bits per heavy atom. The summed E-state index contributed by atoms with van der Waals surface area (Å²) in [4.78, 5) is 13.1. The summed E-state index contributed by atoms with van der Waals surface area (Å²) in [5.41, 5.74) is 1.58. The molecule has 2 aromatic carbocycles. The van der Waals surface area contributed by atoms with E-state index in [1.54, 1.807) is 73.6 Å². The van der Waals surface area contributed by atoms with Crippen LogP contribution in [0.15, 0.2) is 61.0 Å². The molecule has 1 heterocycles. The number of hydrogen-bond acceptors (Lipinski definition) is 5. The van der Waals surface area contributed by atoms with Crippen molar-refractivity contribution in [3.05, 3.63) is 71.6 Å². The van der Waals surface area contributed by atoms with Crippen molar-refractivity contribution < 1.29 is 19.0 Å². The number of methoxy groups -OCH3 is 2. The molecule has 0 atom stereocenters. The zero-order valence-electron chi connectivity index (χ0n) is 17.0. The maximum Gasteiger partial charge on any atom is 0.260 e. The van der Waals surface area contributed by atoms with Crippen LogP contribution in [0.3, 0.4) is 0 Å². The van der Waals surface area contributed by atoms with E-state index in [1.807, 2.05) is 0 Å². The van der Waals surface area contributed by atoms with Gasteiger partial charge < -0.3 is 19.5 Å². The molecule has 7 nitrogen and oxygen atoms in total. The van der Waals surface area contributed by atoms with Gasteiger partial charge in [-0.2, -0.15) is 5.10 Å². The van der Waals surface area contributed by atoms with E-state index >= 15 is 0 Å². The molecule has 0 bridgehead atoms. The molecule has 31 heavy (non-hydrogen) atoms. The van der Waals surface area contributed by atoms with Gasteiger partial charge in [0.25, 0.3) is 5.91 Å². The third kappa shape index (κ3) is 5.18. The summed E-state index contributed by atoms with van der Waals surface area (Å²) in [6.07, 6.45) is 8.14. The predicted molar refractivity (Wildman–Crippen MR) is 120 cm³/mol. The summed E-state index contributed by atoms with van der Waals surface area (Å²) in [5, 5.41) is 7.71. The SMILES string of the molecule is C#CCOC=C(C(=O)Nc1ccnn1-c1ccc(OC)c(OC)c1)c1ccc(Cl)cc1. The monoisotopic (exact) mass is 437 g/mol. The van der Waals surface area contributed by atoms with Gasteiger partial charge in [0.2, 0.25) is 0 Å². The van der Waals surface area contributed by atoms with E-state index in [0.29, 0.717) is 33.6 Å². The number of terminal acetylenes is 1. The molecule has 0 aliphatic carbocycles. The minimum absolute atomic E-state index is 0.0357. The fourth-order valence-electron chi connectivity index (χ4n) is 2.80. The van der Waals surface area contributed by atoms with Gasteiger partial charge in [0.1, 0.15) is 12.4 Å². The third-order valence-electron chi connectivity index (χ3n) is 4.26. The number of nitrogens with one attached hydrogen (secondary N) is 1. The van der Waals surface area contributed by atoms with E-state index in [2.05, 4.69) is 16.3 Å². The van der Waals surface area contributed by atoms with Crippen LogP contribution >= 0.6 is 11.6 Å². The first-order valence-electron chi connectivity index (χ1n) is 9.16. The lowest BCUT2D eigenvalue weighted by molar-refractivity contribution is -0.111. The van der Waals surface area contributed by atoms with Gasteiger partial charge in [-0.05, 0) is 29.8 Å². The fraction of sp³-hybridized carbons (Fsp3) is 0.130. The maximum absolute atomic E-state index is 13.1. The van der Waals surface area contributed by atoms with Gasteiger partial charge >= 0.3 is 0 Å². The summed E-state index contributed by atoms with van der Waals surface area (Å²) in [6, 6.07) is 13.8. The molecular weight excluding hydrogens is 418 g/mol. The van der Waals surface area contributed by atoms with Crippen molar-refractivity contribution in [1.82, 2.24) is 9.78 Å². The summed E-state index contributed by atoms with van der Waals surface area (Å²) >= 11 is 5.96. The summed E-state index contributed by atoms with van der Waals surface area (Å²) in [6.45, 7) is 0.0357. The molecule has 0 aliphatic heterocycles. The van der Waals surface area contributed by atoms with Gasteiger partial charge in [0, 0.05) is 17.2 Å². The van der Waals surface area contributed by atoms with Crippen LogP contribution < -0.4 is 14.8 Å². The predicted octanol–water partition coefficient (Wildman–Crippen LogP) is 4.17. The molecule has 0 unspecified atom stereocenters. The van der Waals surface area contributed by atoms with E-state index in [1.165, 1.54) is 6.26 Å². The molecule has 0 aliphatic rings. The smallest absolute Gasteiger partial charge is 0.260 e. The van der Waals surface area contributed by atoms with Crippen LogP contribution in [0.1, 0.15) is 5.56 Å². The van der Waals surface area contributed by atoms with Crippen LogP contribution in [-0.4, -0.2) is 36.5 Å². The third-order valence-corrected chi connectivity index (χ3v) is 4.52. The first-order valence-corrected chi connectivity index (χ1v) is 9.54. The maximum atomic E-state index is 13.1. The topological polar surface area (TPSA) is 74.6 Å². The fourth-order valence-corrected chi connectivity index (χ4v) is 2.93. The largest absolute Gasteiger partial charge is 0.493 e. The molecule has 8 heteroatoms. The number of halogens is 1. The lowest BCUT2D eigenvalue weighted by Crippen LogP contribution is -2.17. The van der Waals surface area contributed by atoms with Gasteiger partial charge in [-0.3, -0.25) is 4.79 Å². The van der Waals surface area contributed by atoms with Gasteiger partial charge in [0.05, 0.1) is 37.9 Å². The Labute approximate surface area is 185 Å². The molecule has 0 saturated carbocycles. The average Bonchev–Trinajstić information content (AvgIpc) is 3.25. The molecule has 0 saturated heterocycles. The molecule has 1 aromatic heterocycles. The highest BCUT2D eigenvalue weighted by molar-refractivity contribution is 6.31. The van der Waals surface area contributed by atoms with Crippen LogP contribution in [0, 0.1) is 12.3 Å². The first kappa shape index (κ1) is 21.8. The Bertz CT molecular complexity index is 1130. The average molecular weight is 438 g/mol. The lowest BCUT2D eigenvalue weighted by Gasteiger charge is -2.13. The summed E-state index contributed by atoms with van der Waals surface area (Å²) in [5.74, 6) is 3.54. The number of carbonyl (C=O) groups is 1. The van der Waals surface area contributed by atoms with E-state index in [4.69, 9.17) is 32.2 Å². The highest BCUT2D eigenvalue weighted by Crippen LogP contribution is 2.30. The zero-order valence-corrected chi connectivity index (χ0v) is 17.7. The van der Waals surface area contributed by atoms with Gasteiger partial charge in [-0.25, -0.2) is 4.68 Å². The quantitative estimate of drug-likeness (QED) is 0.248. The van der Waals surface area contributed by atoms with Crippen molar-refractivity contribution in [3.8, 4) is 29.5 Å². The molecule has 3 aromatic rings. The minimum Gasteiger partial charge on any atom is -0.493 e. The lowest BCUT2D eigenvalue weighted by atomic mass is 10.1. The van der Waals surface area contributed by atoms with E-state index in [9.17, 15) is 4.79 Å². The number of rotatable bonds is 8. The van der Waals surface area contributed by atoms with E-state index < -0.39 is 5.91 Å². The van der Waals surface area contributed by atoms with Crippen molar-refractivity contribution >= 4 is 28.9 Å². The van der Waals surface area contributed by atoms with E-state index in [0.717, 1.165) is 0 Å². The van der Waals surface area contributed by atoms with Gasteiger partial charge in [-0.1, -0.05) is 29.7 Å². The molecule has 158 valence electrons. The normalized spacial score (nSPS) is 10.8. The van der Waals surface area contributed by atoms with Crippen LogP contribution in [0.2, 0.25) is 5.02 Å². The van der Waals surface area contributed by atoms with Crippen molar-refractivity contribution in [2.24, 2.45) is 0 Å².